The quantitative estimate of drug-likeness (QED) is 0.897. The molecule has 1 saturated heterocycles. The van der Waals surface area contributed by atoms with Crippen molar-refractivity contribution < 1.29 is 4.79 Å². The minimum absolute atomic E-state index is 0.306. The third-order valence-electron chi connectivity index (χ3n) is 3.66. The van der Waals surface area contributed by atoms with Gasteiger partial charge in [0.05, 0.1) is 0 Å². The van der Waals surface area contributed by atoms with Gasteiger partial charge in [0, 0.05) is 29.6 Å². The van der Waals surface area contributed by atoms with E-state index in [0.717, 1.165) is 30.4 Å². The zero-order chi connectivity index (χ0) is 13.8. The average Bonchev–Trinajstić information content (AvgIpc) is 2.40. The zero-order valence-electron chi connectivity index (χ0n) is 11.1. The Morgan fingerprint density at radius 2 is 1.95 bits per heavy atom. The van der Waals surface area contributed by atoms with Crippen LogP contribution in [0.15, 0.2) is 28.7 Å². The number of nitrogens with one attached hydrogen (secondary N) is 1. The van der Waals surface area contributed by atoms with E-state index in [4.69, 9.17) is 5.73 Å². The first-order chi connectivity index (χ1) is 9.06. The van der Waals surface area contributed by atoms with E-state index in [1.165, 1.54) is 5.56 Å². The smallest absolute Gasteiger partial charge is 0.314 e. The first kappa shape index (κ1) is 14.3. The van der Waals surface area contributed by atoms with Crippen LogP contribution in [0.3, 0.4) is 0 Å². The fourth-order valence-corrected chi connectivity index (χ4v) is 2.73. The molecule has 0 spiro atoms. The molecule has 1 atom stereocenters. The minimum Gasteiger partial charge on any atom is -0.351 e. The largest absolute Gasteiger partial charge is 0.351 e. The summed E-state index contributed by atoms with van der Waals surface area (Å²) < 4.78 is 1.10. The van der Waals surface area contributed by atoms with Gasteiger partial charge in [-0.2, -0.15) is 0 Å². The van der Waals surface area contributed by atoms with Crippen molar-refractivity contribution in [3.63, 3.8) is 0 Å². The van der Waals surface area contributed by atoms with E-state index in [-0.39, 0.29) is 6.03 Å². The average molecular weight is 326 g/mol. The number of carbonyl (C=O) groups is 1. The number of nitrogens with two attached hydrogens (primary N) is 1. The Hall–Kier alpha value is -1.07. The van der Waals surface area contributed by atoms with Gasteiger partial charge in [-0.1, -0.05) is 28.1 Å². The van der Waals surface area contributed by atoms with Gasteiger partial charge < -0.3 is 16.0 Å². The maximum atomic E-state index is 11.1. The van der Waals surface area contributed by atoms with E-state index in [9.17, 15) is 4.79 Å². The number of piperidine rings is 1. The molecule has 104 valence electrons. The number of amides is 2. The summed E-state index contributed by atoms with van der Waals surface area (Å²) in [4.78, 5) is 12.8. The molecule has 19 heavy (non-hydrogen) atoms. The van der Waals surface area contributed by atoms with Crippen LogP contribution in [0.25, 0.3) is 0 Å². The van der Waals surface area contributed by atoms with Crippen LogP contribution in [0.5, 0.6) is 0 Å². The van der Waals surface area contributed by atoms with Crippen molar-refractivity contribution in [2.75, 3.05) is 13.1 Å². The minimum atomic E-state index is -0.306. The molecule has 2 amide bonds. The standard InChI is InChI=1S/C14H20BrN3O/c1-10(11-2-4-12(15)5-3-11)17-13-6-8-18(9-7-13)14(16)19/h2-5,10,13,17H,6-9H2,1H3,(H2,16,19). The number of carbonyl (C=O) groups excluding carboxylic acids is 1. The Morgan fingerprint density at radius 1 is 1.37 bits per heavy atom. The molecule has 0 saturated carbocycles. The molecule has 1 aromatic carbocycles. The van der Waals surface area contributed by atoms with Crippen LogP contribution < -0.4 is 11.1 Å². The van der Waals surface area contributed by atoms with Crippen molar-refractivity contribution in [2.24, 2.45) is 5.73 Å². The monoisotopic (exact) mass is 325 g/mol. The van der Waals surface area contributed by atoms with Crippen LogP contribution in [0, 0.1) is 0 Å². The van der Waals surface area contributed by atoms with Crippen molar-refractivity contribution in [2.45, 2.75) is 31.8 Å². The summed E-state index contributed by atoms with van der Waals surface area (Å²) in [5, 5.41) is 3.62. The van der Waals surface area contributed by atoms with Gasteiger partial charge in [-0.25, -0.2) is 4.79 Å². The van der Waals surface area contributed by atoms with E-state index in [0.29, 0.717) is 12.1 Å². The number of urea groups is 1. The molecule has 0 aromatic heterocycles. The maximum absolute atomic E-state index is 11.1. The van der Waals surface area contributed by atoms with E-state index >= 15 is 0 Å². The Labute approximate surface area is 122 Å². The van der Waals surface area contributed by atoms with Gasteiger partial charge in [-0.15, -0.1) is 0 Å². The highest BCUT2D eigenvalue weighted by atomic mass is 79.9. The molecule has 0 bridgehead atoms. The molecule has 1 aliphatic heterocycles. The molecular weight excluding hydrogens is 306 g/mol. The number of primary amides is 1. The molecule has 1 aliphatic rings. The van der Waals surface area contributed by atoms with Gasteiger partial charge in [0.2, 0.25) is 0 Å². The Kier molecular flexibility index (Phi) is 4.82. The summed E-state index contributed by atoms with van der Waals surface area (Å²) in [6.45, 7) is 3.67. The van der Waals surface area contributed by atoms with Gasteiger partial charge in [0.25, 0.3) is 0 Å². The lowest BCUT2D eigenvalue weighted by atomic mass is 10.0. The summed E-state index contributed by atoms with van der Waals surface area (Å²) in [6.07, 6.45) is 1.92. The summed E-state index contributed by atoms with van der Waals surface area (Å²) in [7, 11) is 0. The maximum Gasteiger partial charge on any atom is 0.314 e. The van der Waals surface area contributed by atoms with Crippen molar-refractivity contribution in [1.82, 2.24) is 10.2 Å². The predicted molar refractivity (Wildman–Crippen MR) is 79.9 cm³/mol. The number of halogens is 1. The Balaban J connectivity index is 1.85. The SMILES string of the molecule is CC(NC1CCN(C(N)=O)CC1)c1ccc(Br)cc1. The van der Waals surface area contributed by atoms with Crippen molar-refractivity contribution in [1.29, 1.82) is 0 Å². The van der Waals surface area contributed by atoms with Gasteiger partial charge >= 0.3 is 6.03 Å². The Bertz CT molecular complexity index is 427. The fraction of sp³-hybridized carbons (Fsp3) is 0.500. The molecule has 3 N–H and O–H groups in total. The van der Waals surface area contributed by atoms with Crippen LogP contribution >= 0.6 is 15.9 Å². The van der Waals surface area contributed by atoms with E-state index < -0.39 is 0 Å². The van der Waals surface area contributed by atoms with Gasteiger partial charge in [0.1, 0.15) is 0 Å². The lowest BCUT2D eigenvalue weighted by molar-refractivity contribution is 0.183. The molecule has 0 radical (unpaired) electrons. The van der Waals surface area contributed by atoms with Crippen LogP contribution in [0.1, 0.15) is 31.4 Å². The van der Waals surface area contributed by atoms with E-state index in [1.807, 2.05) is 0 Å². The number of likely N-dealkylation sites (tertiary alicyclic amines) is 1. The van der Waals surface area contributed by atoms with Crippen molar-refractivity contribution >= 4 is 22.0 Å². The Morgan fingerprint density at radius 3 is 2.47 bits per heavy atom. The highest BCUT2D eigenvalue weighted by Gasteiger charge is 2.22. The van der Waals surface area contributed by atoms with Gasteiger partial charge in [-0.3, -0.25) is 0 Å². The molecule has 1 unspecified atom stereocenters. The lowest BCUT2D eigenvalue weighted by Gasteiger charge is -2.33. The number of hydrogen-bond donors (Lipinski definition) is 2. The molecule has 1 fully saturated rings. The summed E-state index contributed by atoms with van der Waals surface area (Å²) in [5.41, 5.74) is 6.56. The topological polar surface area (TPSA) is 58.4 Å². The summed E-state index contributed by atoms with van der Waals surface area (Å²) >= 11 is 3.44. The first-order valence-corrected chi connectivity index (χ1v) is 7.41. The molecule has 1 heterocycles. The highest BCUT2D eigenvalue weighted by Crippen LogP contribution is 2.19. The van der Waals surface area contributed by atoms with Crippen LogP contribution in [-0.2, 0) is 0 Å². The molecule has 5 heteroatoms. The third-order valence-corrected chi connectivity index (χ3v) is 4.19. The first-order valence-electron chi connectivity index (χ1n) is 6.62. The summed E-state index contributed by atoms with van der Waals surface area (Å²) in [6, 6.07) is 8.83. The number of benzene rings is 1. The normalized spacial score (nSPS) is 18.3. The lowest BCUT2D eigenvalue weighted by Crippen LogP contribution is -2.47. The zero-order valence-corrected chi connectivity index (χ0v) is 12.7. The second-order valence-corrected chi connectivity index (χ2v) is 5.96. The fourth-order valence-electron chi connectivity index (χ4n) is 2.47. The molecular formula is C14H20BrN3O. The number of rotatable bonds is 3. The highest BCUT2D eigenvalue weighted by molar-refractivity contribution is 9.10. The molecule has 0 aliphatic carbocycles. The number of nitrogens with zero attached hydrogens (tertiary/aromatic N) is 1. The van der Waals surface area contributed by atoms with E-state index in [1.54, 1.807) is 4.90 Å². The third kappa shape index (κ3) is 3.94. The van der Waals surface area contributed by atoms with Crippen molar-refractivity contribution in [3.05, 3.63) is 34.3 Å². The van der Waals surface area contributed by atoms with Gasteiger partial charge in [-0.05, 0) is 37.5 Å². The molecule has 4 nitrogen and oxygen atoms in total. The van der Waals surface area contributed by atoms with E-state index in [2.05, 4.69) is 52.4 Å². The number of hydrogen-bond acceptors (Lipinski definition) is 2. The second kappa shape index (κ2) is 6.39. The summed E-state index contributed by atoms with van der Waals surface area (Å²) in [5.74, 6) is 0. The second-order valence-electron chi connectivity index (χ2n) is 5.04. The molecule has 2 rings (SSSR count). The van der Waals surface area contributed by atoms with Crippen LogP contribution in [0.2, 0.25) is 0 Å². The van der Waals surface area contributed by atoms with Crippen molar-refractivity contribution in [3.8, 4) is 0 Å². The van der Waals surface area contributed by atoms with Crippen LogP contribution in [-0.4, -0.2) is 30.1 Å². The van der Waals surface area contributed by atoms with Crippen LogP contribution in [0.4, 0.5) is 4.79 Å². The van der Waals surface area contributed by atoms with Gasteiger partial charge in [0.15, 0.2) is 0 Å². The molecule has 1 aromatic rings. The predicted octanol–water partition coefficient (Wildman–Crippen LogP) is 2.64.